The molecular weight excluding hydrogens is 260 g/mol. The third-order valence-electron chi connectivity index (χ3n) is 6.74. The average Bonchev–Trinajstić information content (AvgIpc) is 2.36. The molecular formula is C19H28O2. The highest BCUT2D eigenvalue weighted by Crippen LogP contribution is 2.55. The third kappa shape index (κ3) is 2.13. The van der Waals surface area contributed by atoms with Gasteiger partial charge in [-0.05, 0) is 56.3 Å². The van der Waals surface area contributed by atoms with Crippen LogP contribution in [-0.2, 0) is 9.59 Å². The van der Waals surface area contributed by atoms with Crippen molar-refractivity contribution in [1.82, 2.24) is 0 Å². The second kappa shape index (κ2) is 4.79. The molecule has 2 heteroatoms. The first kappa shape index (κ1) is 15.0. The molecule has 3 aliphatic carbocycles. The van der Waals surface area contributed by atoms with Gasteiger partial charge in [0, 0.05) is 12.3 Å². The number of ketones is 2. The van der Waals surface area contributed by atoms with Gasteiger partial charge in [0.1, 0.15) is 11.6 Å². The molecule has 0 aromatic rings. The largest absolute Gasteiger partial charge is 0.299 e. The van der Waals surface area contributed by atoms with Crippen molar-refractivity contribution >= 4 is 11.6 Å². The molecule has 3 aliphatic rings. The number of hydrogen-bond donors (Lipinski definition) is 0. The first-order valence-corrected chi connectivity index (χ1v) is 8.53. The monoisotopic (exact) mass is 288 g/mol. The molecule has 2 nitrogen and oxygen atoms in total. The van der Waals surface area contributed by atoms with E-state index in [1.807, 2.05) is 0 Å². The van der Waals surface area contributed by atoms with Gasteiger partial charge in [-0.25, -0.2) is 0 Å². The van der Waals surface area contributed by atoms with Crippen LogP contribution in [-0.4, -0.2) is 11.6 Å². The second-order valence-electron chi connectivity index (χ2n) is 8.38. The van der Waals surface area contributed by atoms with Crippen LogP contribution in [0.15, 0.2) is 11.1 Å². The van der Waals surface area contributed by atoms with E-state index in [4.69, 9.17) is 0 Å². The number of carbonyl (C=O) groups excluding carboxylic acids is 2. The predicted molar refractivity (Wildman–Crippen MR) is 83.9 cm³/mol. The van der Waals surface area contributed by atoms with Gasteiger partial charge in [-0.2, -0.15) is 0 Å². The van der Waals surface area contributed by atoms with Crippen LogP contribution in [0.5, 0.6) is 0 Å². The van der Waals surface area contributed by atoms with E-state index in [0.29, 0.717) is 6.42 Å². The Kier molecular flexibility index (Phi) is 3.42. The Morgan fingerprint density at radius 3 is 2.43 bits per heavy atom. The van der Waals surface area contributed by atoms with E-state index in [0.717, 1.165) is 38.5 Å². The van der Waals surface area contributed by atoms with E-state index < -0.39 is 0 Å². The molecule has 3 rings (SSSR count). The van der Waals surface area contributed by atoms with Crippen LogP contribution in [0.4, 0.5) is 0 Å². The Morgan fingerprint density at radius 1 is 1.00 bits per heavy atom. The molecule has 3 atom stereocenters. The lowest BCUT2D eigenvalue weighted by Gasteiger charge is -2.50. The zero-order valence-corrected chi connectivity index (χ0v) is 13.9. The van der Waals surface area contributed by atoms with Crippen LogP contribution in [0.3, 0.4) is 0 Å². The molecule has 0 heterocycles. The van der Waals surface area contributed by atoms with Crippen molar-refractivity contribution in [1.29, 1.82) is 0 Å². The standard InChI is InChI=1S/C19H28O2/c1-12-7-8-14-17(21)16-15(20)6-5-10-19(16,4)11-9-13(12)18(14,2)3/h14,16H,5-11H2,1-4H3/t14-,16-,19-/m0/s1. The van der Waals surface area contributed by atoms with Gasteiger partial charge in [0.15, 0.2) is 0 Å². The zero-order valence-electron chi connectivity index (χ0n) is 13.9. The Labute approximate surface area is 128 Å². The number of Topliss-reactive ketones (excluding diaryl/α,β-unsaturated/α-hetero) is 2. The number of fused-ring (bicyclic) bond motifs is 3. The van der Waals surface area contributed by atoms with Gasteiger partial charge in [-0.15, -0.1) is 0 Å². The van der Waals surface area contributed by atoms with Crippen molar-refractivity contribution in [2.45, 2.75) is 72.6 Å². The van der Waals surface area contributed by atoms with Crippen LogP contribution in [0.1, 0.15) is 72.6 Å². The van der Waals surface area contributed by atoms with Crippen molar-refractivity contribution in [2.75, 3.05) is 0 Å². The van der Waals surface area contributed by atoms with Crippen LogP contribution >= 0.6 is 0 Å². The molecule has 0 N–H and O–H groups in total. The summed E-state index contributed by atoms with van der Waals surface area (Å²) in [4.78, 5) is 25.8. The molecule has 0 aromatic heterocycles. The minimum atomic E-state index is -0.324. The molecule has 0 saturated heterocycles. The average molecular weight is 288 g/mol. The minimum absolute atomic E-state index is 0.0443. The first-order chi connectivity index (χ1) is 9.77. The van der Waals surface area contributed by atoms with E-state index in [1.54, 1.807) is 0 Å². The van der Waals surface area contributed by atoms with Crippen LogP contribution in [0.25, 0.3) is 0 Å². The van der Waals surface area contributed by atoms with Gasteiger partial charge in [-0.3, -0.25) is 9.59 Å². The van der Waals surface area contributed by atoms with E-state index >= 15 is 0 Å². The van der Waals surface area contributed by atoms with E-state index in [1.165, 1.54) is 11.1 Å². The highest BCUT2D eigenvalue weighted by molar-refractivity contribution is 6.05. The molecule has 0 amide bonds. The van der Waals surface area contributed by atoms with Gasteiger partial charge < -0.3 is 0 Å². The maximum absolute atomic E-state index is 13.2. The molecule has 21 heavy (non-hydrogen) atoms. The summed E-state index contributed by atoms with van der Waals surface area (Å²) >= 11 is 0. The van der Waals surface area contributed by atoms with Crippen molar-refractivity contribution in [3.8, 4) is 0 Å². The Morgan fingerprint density at radius 2 is 1.71 bits per heavy atom. The van der Waals surface area contributed by atoms with Crippen LogP contribution in [0, 0.1) is 22.7 Å². The second-order valence-corrected chi connectivity index (χ2v) is 8.38. The lowest BCUT2D eigenvalue weighted by atomic mass is 9.53. The highest BCUT2D eigenvalue weighted by atomic mass is 16.2. The summed E-state index contributed by atoms with van der Waals surface area (Å²) in [7, 11) is 0. The zero-order chi connectivity index (χ0) is 15.4. The SMILES string of the molecule is CC1=C2CC[C@]3(C)CCCC(=O)[C@H]3C(=O)[C@H](CC1)C2(C)C. The van der Waals surface area contributed by atoms with Crippen molar-refractivity contribution in [3.05, 3.63) is 11.1 Å². The molecule has 2 bridgehead atoms. The fourth-order valence-corrected chi connectivity index (χ4v) is 5.39. The van der Waals surface area contributed by atoms with Crippen LogP contribution in [0.2, 0.25) is 0 Å². The number of rotatable bonds is 0. The summed E-state index contributed by atoms with van der Waals surface area (Å²) in [5.41, 5.74) is 2.85. The van der Waals surface area contributed by atoms with Gasteiger partial charge >= 0.3 is 0 Å². The number of allylic oxidation sites excluding steroid dienone is 2. The summed E-state index contributed by atoms with van der Waals surface area (Å²) in [6.07, 6.45) is 6.65. The van der Waals surface area contributed by atoms with Gasteiger partial charge in [0.25, 0.3) is 0 Å². The molecule has 0 radical (unpaired) electrons. The molecule has 0 aliphatic heterocycles. The molecule has 0 unspecified atom stereocenters. The smallest absolute Gasteiger partial charge is 0.147 e. The summed E-state index contributed by atoms with van der Waals surface area (Å²) in [6, 6.07) is 0. The maximum atomic E-state index is 13.2. The Balaban J connectivity index is 2.09. The summed E-state index contributed by atoms with van der Waals surface area (Å²) in [6.45, 7) is 8.88. The number of carbonyl (C=O) groups is 2. The maximum Gasteiger partial charge on any atom is 0.147 e. The van der Waals surface area contributed by atoms with E-state index in [9.17, 15) is 9.59 Å². The lowest BCUT2D eigenvalue weighted by Crippen LogP contribution is -2.50. The van der Waals surface area contributed by atoms with Crippen molar-refractivity contribution < 1.29 is 9.59 Å². The van der Waals surface area contributed by atoms with Crippen molar-refractivity contribution in [3.63, 3.8) is 0 Å². The molecule has 116 valence electrons. The predicted octanol–water partition coefficient (Wildman–Crippen LogP) is 4.48. The molecule has 2 saturated carbocycles. The first-order valence-electron chi connectivity index (χ1n) is 8.53. The fourth-order valence-electron chi connectivity index (χ4n) is 5.39. The molecule has 0 aromatic carbocycles. The van der Waals surface area contributed by atoms with E-state index in [2.05, 4.69) is 27.7 Å². The normalized spacial score (nSPS) is 39.6. The van der Waals surface area contributed by atoms with Crippen molar-refractivity contribution in [2.24, 2.45) is 22.7 Å². The minimum Gasteiger partial charge on any atom is -0.299 e. The highest BCUT2D eigenvalue weighted by Gasteiger charge is 2.53. The topological polar surface area (TPSA) is 34.1 Å². The lowest BCUT2D eigenvalue weighted by molar-refractivity contribution is -0.147. The van der Waals surface area contributed by atoms with Gasteiger partial charge in [-0.1, -0.05) is 31.9 Å². The van der Waals surface area contributed by atoms with Crippen LogP contribution < -0.4 is 0 Å². The van der Waals surface area contributed by atoms with Gasteiger partial charge in [0.2, 0.25) is 0 Å². The fraction of sp³-hybridized carbons (Fsp3) is 0.789. The summed E-state index contributed by atoms with van der Waals surface area (Å²) in [5.74, 6) is 0.203. The Hall–Kier alpha value is -0.920. The summed E-state index contributed by atoms with van der Waals surface area (Å²) in [5, 5.41) is 0. The summed E-state index contributed by atoms with van der Waals surface area (Å²) < 4.78 is 0. The third-order valence-corrected chi connectivity index (χ3v) is 6.74. The van der Waals surface area contributed by atoms with E-state index in [-0.39, 0.29) is 34.2 Å². The van der Waals surface area contributed by atoms with Gasteiger partial charge in [0.05, 0.1) is 5.92 Å². The molecule has 2 fully saturated rings. The Bertz CT molecular complexity index is 526. The number of hydrogen-bond acceptors (Lipinski definition) is 2. The molecule has 0 spiro atoms. The quantitative estimate of drug-likeness (QED) is 0.486.